The zero-order valence-electron chi connectivity index (χ0n) is 8.36. The van der Waals surface area contributed by atoms with Crippen LogP contribution >= 0.6 is 0 Å². The fourth-order valence-corrected chi connectivity index (χ4v) is 2.05. The normalized spacial score (nSPS) is 19.0. The van der Waals surface area contributed by atoms with Crippen molar-refractivity contribution in [1.82, 2.24) is 0 Å². The molecule has 1 atom stereocenters. The summed E-state index contributed by atoms with van der Waals surface area (Å²) < 4.78 is 5.48. The van der Waals surface area contributed by atoms with Crippen molar-refractivity contribution >= 4 is 16.6 Å². The summed E-state index contributed by atoms with van der Waals surface area (Å²) in [6.07, 6.45) is -0.342. The van der Waals surface area contributed by atoms with Gasteiger partial charge < -0.3 is 4.74 Å². The predicted octanol–water partition coefficient (Wildman–Crippen LogP) is 2.80. The summed E-state index contributed by atoms with van der Waals surface area (Å²) in [7, 11) is 0. The smallest absolute Gasteiger partial charge is 0.207 e. The van der Waals surface area contributed by atoms with E-state index >= 15 is 0 Å². The number of ether oxygens (including phenoxy) is 1. The van der Waals surface area contributed by atoms with Gasteiger partial charge in [-0.15, -0.1) is 0 Å². The maximum Gasteiger partial charge on any atom is 0.207 e. The molecule has 0 saturated carbocycles. The number of Topliss-reactive ketones (excluding diaryl/α,β-unsaturated/α-hetero) is 1. The number of hydrogen-bond acceptors (Lipinski definition) is 2. The minimum absolute atomic E-state index is 0.0850. The van der Waals surface area contributed by atoms with E-state index in [2.05, 4.69) is 0 Å². The Hall–Kier alpha value is -1.83. The highest BCUT2D eigenvalue weighted by molar-refractivity contribution is 6.14. The molecule has 0 saturated heterocycles. The molecule has 1 heterocycles. The number of fused-ring (bicyclic) bond motifs is 3. The Morgan fingerprint density at radius 2 is 1.93 bits per heavy atom. The van der Waals surface area contributed by atoms with Gasteiger partial charge in [0.05, 0.1) is 5.56 Å². The Kier molecular flexibility index (Phi) is 1.60. The Morgan fingerprint density at radius 3 is 2.80 bits per heavy atom. The number of rotatable bonds is 0. The SMILES string of the molecule is CC1Oc2ccc3ccccc3c2C1=O. The minimum Gasteiger partial charge on any atom is -0.482 e. The molecule has 3 rings (SSSR count). The van der Waals surface area contributed by atoms with E-state index < -0.39 is 0 Å². The van der Waals surface area contributed by atoms with E-state index in [0.717, 1.165) is 16.3 Å². The summed E-state index contributed by atoms with van der Waals surface area (Å²) in [5.41, 5.74) is 0.737. The second-order valence-electron chi connectivity index (χ2n) is 3.78. The molecule has 0 N–H and O–H groups in total. The maximum atomic E-state index is 11.9. The summed E-state index contributed by atoms with van der Waals surface area (Å²) in [5, 5.41) is 2.08. The zero-order valence-corrected chi connectivity index (χ0v) is 8.36. The average Bonchev–Trinajstić information content (AvgIpc) is 2.55. The van der Waals surface area contributed by atoms with Crippen LogP contribution < -0.4 is 4.74 Å². The number of carbonyl (C=O) groups is 1. The van der Waals surface area contributed by atoms with Gasteiger partial charge in [0.1, 0.15) is 5.75 Å². The lowest BCUT2D eigenvalue weighted by atomic mass is 10.0. The van der Waals surface area contributed by atoms with Gasteiger partial charge in [0.2, 0.25) is 5.78 Å². The third kappa shape index (κ3) is 1.08. The lowest BCUT2D eigenvalue weighted by Gasteiger charge is -2.01. The molecular formula is C13H10O2. The van der Waals surface area contributed by atoms with Crippen LogP contribution in [-0.4, -0.2) is 11.9 Å². The molecule has 2 aromatic carbocycles. The van der Waals surface area contributed by atoms with Gasteiger partial charge >= 0.3 is 0 Å². The molecule has 0 amide bonds. The van der Waals surface area contributed by atoms with Crippen LogP contribution in [0.2, 0.25) is 0 Å². The Morgan fingerprint density at radius 1 is 1.13 bits per heavy atom. The van der Waals surface area contributed by atoms with Crippen LogP contribution in [0, 0.1) is 0 Å². The molecule has 2 nitrogen and oxygen atoms in total. The van der Waals surface area contributed by atoms with Gasteiger partial charge in [0.25, 0.3) is 0 Å². The van der Waals surface area contributed by atoms with E-state index in [0.29, 0.717) is 5.75 Å². The molecule has 0 fully saturated rings. The molecule has 0 radical (unpaired) electrons. The van der Waals surface area contributed by atoms with Crippen molar-refractivity contribution in [2.75, 3.05) is 0 Å². The molecule has 74 valence electrons. The first-order chi connectivity index (χ1) is 7.27. The number of carbonyl (C=O) groups excluding carboxylic acids is 1. The first-order valence-corrected chi connectivity index (χ1v) is 5.00. The first-order valence-electron chi connectivity index (χ1n) is 5.00. The Labute approximate surface area is 87.5 Å². The molecule has 0 aromatic heterocycles. The lowest BCUT2D eigenvalue weighted by Crippen LogP contribution is -2.14. The third-order valence-corrected chi connectivity index (χ3v) is 2.81. The van der Waals surface area contributed by atoms with E-state index in [1.807, 2.05) is 36.4 Å². The van der Waals surface area contributed by atoms with Crippen LogP contribution in [0.3, 0.4) is 0 Å². The molecule has 1 aliphatic rings. The molecule has 0 spiro atoms. The van der Waals surface area contributed by atoms with Crippen LogP contribution in [0.15, 0.2) is 36.4 Å². The van der Waals surface area contributed by atoms with Crippen molar-refractivity contribution in [2.45, 2.75) is 13.0 Å². The van der Waals surface area contributed by atoms with Gasteiger partial charge in [-0.1, -0.05) is 30.3 Å². The largest absolute Gasteiger partial charge is 0.482 e. The number of benzene rings is 2. The van der Waals surface area contributed by atoms with Gasteiger partial charge in [-0.2, -0.15) is 0 Å². The Balaban J connectivity index is 2.41. The standard InChI is InChI=1S/C13H10O2/c1-8-13(14)12-10-5-3-2-4-9(10)6-7-11(12)15-8/h2-8H,1H3. The fourth-order valence-electron chi connectivity index (χ4n) is 2.05. The van der Waals surface area contributed by atoms with Crippen molar-refractivity contribution in [3.8, 4) is 5.75 Å². The molecular weight excluding hydrogens is 188 g/mol. The number of ketones is 1. The Bertz CT molecular complexity index is 557. The topological polar surface area (TPSA) is 26.3 Å². The zero-order chi connectivity index (χ0) is 10.4. The van der Waals surface area contributed by atoms with E-state index in [9.17, 15) is 4.79 Å². The van der Waals surface area contributed by atoms with Crippen molar-refractivity contribution < 1.29 is 9.53 Å². The molecule has 2 aromatic rings. The molecule has 1 aliphatic heterocycles. The maximum absolute atomic E-state index is 11.9. The minimum atomic E-state index is -0.342. The fraction of sp³-hybridized carbons (Fsp3) is 0.154. The summed E-state index contributed by atoms with van der Waals surface area (Å²) in [6.45, 7) is 1.79. The molecule has 2 heteroatoms. The molecule has 15 heavy (non-hydrogen) atoms. The van der Waals surface area contributed by atoms with Crippen molar-refractivity contribution in [2.24, 2.45) is 0 Å². The van der Waals surface area contributed by atoms with Crippen molar-refractivity contribution in [1.29, 1.82) is 0 Å². The highest BCUT2D eigenvalue weighted by Gasteiger charge is 2.30. The first kappa shape index (κ1) is 8.48. The lowest BCUT2D eigenvalue weighted by molar-refractivity contribution is 0.0879. The monoisotopic (exact) mass is 198 g/mol. The van der Waals surface area contributed by atoms with Gasteiger partial charge in [-0.25, -0.2) is 0 Å². The van der Waals surface area contributed by atoms with Crippen molar-refractivity contribution in [3.05, 3.63) is 42.0 Å². The molecule has 0 bridgehead atoms. The highest BCUT2D eigenvalue weighted by Crippen LogP contribution is 2.34. The van der Waals surface area contributed by atoms with Crippen LogP contribution in [-0.2, 0) is 0 Å². The van der Waals surface area contributed by atoms with Crippen LogP contribution in [0.1, 0.15) is 17.3 Å². The van der Waals surface area contributed by atoms with Crippen molar-refractivity contribution in [3.63, 3.8) is 0 Å². The molecule has 1 unspecified atom stereocenters. The second kappa shape index (κ2) is 2.83. The number of hydrogen-bond donors (Lipinski definition) is 0. The average molecular weight is 198 g/mol. The van der Waals surface area contributed by atoms with E-state index in [4.69, 9.17) is 4.74 Å². The van der Waals surface area contributed by atoms with Gasteiger partial charge in [0.15, 0.2) is 6.10 Å². The third-order valence-electron chi connectivity index (χ3n) is 2.81. The van der Waals surface area contributed by atoms with Gasteiger partial charge in [-0.05, 0) is 23.8 Å². The van der Waals surface area contributed by atoms with E-state index in [1.54, 1.807) is 6.92 Å². The van der Waals surface area contributed by atoms with E-state index in [1.165, 1.54) is 0 Å². The quantitative estimate of drug-likeness (QED) is 0.650. The summed E-state index contributed by atoms with van der Waals surface area (Å²) in [4.78, 5) is 11.9. The summed E-state index contributed by atoms with van der Waals surface area (Å²) in [6, 6.07) is 11.7. The second-order valence-corrected chi connectivity index (χ2v) is 3.78. The van der Waals surface area contributed by atoms with Crippen LogP contribution in [0.25, 0.3) is 10.8 Å². The highest BCUT2D eigenvalue weighted by atomic mass is 16.5. The van der Waals surface area contributed by atoms with Crippen LogP contribution in [0.4, 0.5) is 0 Å². The van der Waals surface area contributed by atoms with Crippen LogP contribution in [0.5, 0.6) is 5.75 Å². The van der Waals surface area contributed by atoms with Gasteiger partial charge in [0, 0.05) is 0 Å². The summed E-state index contributed by atoms with van der Waals surface area (Å²) >= 11 is 0. The van der Waals surface area contributed by atoms with E-state index in [-0.39, 0.29) is 11.9 Å². The molecule has 0 aliphatic carbocycles. The predicted molar refractivity (Wildman–Crippen MR) is 58.4 cm³/mol. The van der Waals surface area contributed by atoms with Gasteiger partial charge in [-0.3, -0.25) is 4.79 Å². The summed E-state index contributed by atoms with van der Waals surface area (Å²) in [5.74, 6) is 0.799.